The van der Waals surface area contributed by atoms with Crippen LogP contribution in [0.15, 0.2) is 10.8 Å². The van der Waals surface area contributed by atoms with E-state index in [0.717, 1.165) is 0 Å². The minimum absolute atomic E-state index is 0.0512. The Kier molecular flexibility index (Phi) is 2.64. The molecule has 2 rings (SSSR count). The lowest BCUT2D eigenvalue weighted by atomic mass is 10.1. The van der Waals surface area contributed by atoms with E-state index < -0.39 is 0 Å². The molecule has 1 fully saturated rings. The summed E-state index contributed by atoms with van der Waals surface area (Å²) in [5.74, 6) is 2.76. The van der Waals surface area contributed by atoms with Gasteiger partial charge >= 0.3 is 0 Å². The van der Waals surface area contributed by atoms with Gasteiger partial charge in [0.2, 0.25) is 5.91 Å². The minimum Gasteiger partial charge on any atom is -0.278 e. The van der Waals surface area contributed by atoms with Gasteiger partial charge in [-0.1, -0.05) is 0 Å². The molecule has 1 saturated heterocycles. The zero-order chi connectivity index (χ0) is 10.8. The Morgan fingerprint density at radius 1 is 1.60 bits per heavy atom. The van der Waals surface area contributed by atoms with Crippen LogP contribution >= 0.6 is 15.9 Å². The zero-order valence-electron chi connectivity index (χ0n) is 7.72. The summed E-state index contributed by atoms with van der Waals surface area (Å²) < 4.78 is 0.534. The van der Waals surface area contributed by atoms with E-state index in [4.69, 9.17) is 6.42 Å². The van der Waals surface area contributed by atoms with Gasteiger partial charge < -0.3 is 0 Å². The van der Waals surface area contributed by atoms with Crippen molar-refractivity contribution >= 4 is 27.8 Å². The molecule has 1 aliphatic heterocycles. The molecule has 1 amide bonds. The van der Waals surface area contributed by atoms with Gasteiger partial charge in [-0.25, -0.2) is 4.98 Å². The van der Waals surface area contributed by atoms with Crippen LogP contribution in [0.1, 0.15) is 6.42 Å². The third kappa shape index (κ3) is 1.97. The van der Waals surface area contributed by atoms with Crippen LogP contribution in [-0.2, 0) is 4.79 Å². The number of nitrogens with zero attached hydrogens (tertiary/aromatic N) is 4. The predicted molar refractivity (Wildman–Crippen MR) is 56.8 cm³/mol. The van der Waals surface area contributed by atoms with Gasteiger partial charge in [0.05, 0.1) is 6.20 Å². The Morgan fingerprint density at radius 3 is 2.93 bits per heavy atom. The van der Waals surface area contributed by atoms with Gasteiger partial charge in [0.15, 0.2) is 0 Å². The molecule has 2 heterocycles. The number of amides is 1. The summed E-state index contributed by atoms with van der Waals surface area (Å²) in [6.07, 6.45) is 7.12. The van der Waals surface area contributed by atoms with E-state index >= 15 is 0 Å². The van der Waals surface area contributed by atoms with E-state index in [2.05, 4.69) is 37.0 Å². The molecule has 1 aromatic rings. The second-order valence-electron chi connectivity index (χ2n) is 3.15. The topological polar surface area (TPSA) is 59.0 Å². The molecule has 1 atom stereocenters. The zero-order valence-corrected chi connectivity index (χ0v) is 9.31. The highest BCUT2D eigenvalue weighted by atomic mass is 79.9. The van der Waals surface area contributed by atoms with Crippen molar-refractivity contribution in [3.8, 4) is 12.3 Å². The fourth-order valence-corrected chi connectivity index (χ4v) is 1.57. The highest BCUT2D eigenvalue weighted by Crippen LogP contribution is 2.20. The van der Waals surface area contributed by atoms with Crippen LogP contribution in [0.25, 0.3) is 0 Å². The fraction of sp³-hybridized carbons (Fsp3) is 0.333. The summed E-state index contributed by atoms with van der Waals surface area (Å²) in [5, 5.41) is 7.58. The molecule has 0 bridgehead atoms. The summed E-state index contributed by atoms with van der Waals surface area (Å²) in [6, 6.07) is 0. The lowest BCUT2D eigenvalue weighted by molar-refractivity contribution is -0.117. The minimum atomic E-state index is -0.0536. The Balaban J connectivity index is 2.22. The molecule has 1 unspecified atom stereocenters. The molecular formula is C9H7BrN4O. The third-order valence-corrected chi connectivity index (χ3v) is 2.49. The number of halogens is 1. The number of hydrogen-bond donors (Lipinski definition) is 0. The molecule has 76 valence electrons. The summed E-state index contributed by atoms with van der Waals surface area (Å²) >= 11 is 3.12. The van der Waals surface area contributed by atoms with Crippen LogP contribution in [0.2, 0.25) is 0 Å². The van der Waals surface area contributed by atoms with Crippen LogP contribution in [0.3, 0.4) is 0 Å². The summed E-state index contributed by atoms with van der Waals surface area (Å²) in [5.41, 5.74) is 0. The average molecular weight is 267 g/mol. The van der Waals surface area contributed by atoms with Crippen molar-refractivity contribution in [2.75, 3.05) is 11.4 Å². The first-order chi connectivity index (χ1) is 7.20. The second-order valence-corrected chi connectivity index (χ2v) is 3.97. The van der Waals surface area contributed by atoms with Crippen molar-refractivity contribution in [1.29, 1.82) is 0 Å². The Bertz CT molecular complexity index is 425. The average Bonchev–Trinajstić information content (AvgIpc) is 2.61. The Morgan fingerprint density at radius 2 is 2.40 bits per heavy atom. The number of anilines is 1. The van der Waals surface area contributed by atoms with Gasteiger partial charge in [0.1, 0.15) is 4.60 Å². The van der Waals surface area contributed by atoms with Gasteiger partial charge in [-0.2, -0.15) is 0 Å². The van der Waals surface area contributed by atoms with Crippen LogP contribution in [-0.4, -0.2) is 27.6 Å². The molecule has 0 spiro atoms. The number of hydrogen-bond acceptors (Lipinski definition) is 4. The lowest BCUT2D eigenvalue weighted by Crippen LogP contribution is -2.26. The van der Waals surface area contributed by atoms with Crippen molar-refractivity contribution in [1.82, 2.24) is 15.2 Å². The van der Waals surface area contributed by atoms with Gasteiger partial charge in [0, 0.05) is 18.9 Å². The van der Waals surface area contributed by atoms with Crippen molar-refractivity contribution < 1.29 is 4.79 Å². The number of aromatic nitrogens is 3. The van der Waals surface area contributed by atoms with Gasteiger partial charge in [-0.05, 0) is 15.9 Å². The number of terminal acetylenes is 1. The Labute approximate surface area is 95.0 Å². The largest absolute Gasteiger partial charge is 0.278 e. The van der Waals surface area contributed by atoms with E-state index in [-0.39, 0.29) is 11.8 Å². The van der Waals surface area contributed by atoms with Crippen molar-refractivity contribution in [3.05, 3.63) is 10.8 Å². The van der Waals surface area contributed by atoms with Crippen LogP contribution < -0.4 is 4.90 Å². The first-order valence-corrected chi connectivity index (χ1v) is 5.11. The van der Waals surface area contributed by atoms with Gasteiger partial charge in [0.25, 0.3) is 5.95 Å². The summed E-state index contributed by atoms with van der Waals surface area (Å²) in [6.45, 7) is 0.471. The fourth-order valence-electron chi connectivity index (χ4n) is 1.39. The molecule has 1 aliphatic rings. The van der Waals surface area contributed by atoms with E-state index in [9.17, 15) is 4.79 Å². The van der Waals surface area contributed by atoms with Gasteiger partial charge in [-0.15, -0.1) is 22.5 Å². The lowest BCUT2D eigenvalue weighted by Gasteiger charge is -2.11. The van der Waals surface area contributed by atoms with Crippen molar-refractivity contribution in [2.45, 2.75) is 6.42 Å². The first kappa shape index (κ1) is 10.1. The highest BCUT2D eigenvalue weighted by Gasteiger charge is 2.31. The van der Waals surface area contributed by atoms with E-state index in [0.29, 0.717) is 23.5 Å². The van der Waals surface area contributed by atoms with E-state index in [1.165, 1.54) is 11.1 Å². The standard InChI is InChI=1S/C9H7BrN4O/c1-2-6-3-8(15)14(5-6)9-11-4-7(10)12-13-9/h1,4,6H,3,5H2. The number of carbonyl (C=O) groups is 1. The Hall–Kier alpha value is -1.48. The molecular weight excluding hydrogens is 260 g/mol. The first-order valence-electron chi connectivity index (χ1n) is 4.32. The second kappa shape index (κ2) is 3.95. The molecule has 0 aromatic carbocycles. The molecule has 5 nitrogen and oxygen atoms in total. The molecule has 15 heavy (non-hydrogen) atoms. The molecule has 0 saturated carbocycles. The van der Waals surface area contributed by atoms with Crippen molar-refractivity contribution in [2.24, 2.45) is 5.92 Å². The van der Waals surface area contributed by atoms with Crippen LogP contribution in [0, 0.1) is 18.3 Å². The van der Waals surface area contributed by atoms with Crippen molar-refractivity contribution in [3.63, 3.8) is 0 Å². The molecule has 0 N–H and O–H groups in total. The molecule has 0 radical (unpaired) electrons. The van der Waals surface area contributed by atoms with E-state index in [1.807, 2.05) is 0 Å². The maximum absolute atomic E-state index is 11.5. The smallest absolute Gasteiger partial charge is 0.252 e. The summed E-state index contributed by atoms with van der Waals surface area (Å²) in [7, 11) is 0. The van der Waals surface area contributed by atoms with Crippen LogP contribution in [0.5, 0.6) is 0 Å². The maximum Gasteiger partial charge on any atom is 0.252 e. The highest BCUT2D eigenvalue weighted by molar-refractivity contribution is 9.10. The van der Waals surface area contributed by atoms with Gasteiger partial charge in [-0.3, -0.25) is 9.69 Å². The normalized spacial score (nSPS) is 20.4. The predicted octanol–water partition coefficient (Wildman–Crippen LogP) is 0.620. The number of carbonyl (C=O) groups excluding carboxylic acids is 1. The molecule has 0 aliphatic carbocycles. The maximum atomic E-state index is 11.5. The van der Waals surface area contributed by atoms with E-state index in [1.54, 1.807) is 0 Å². The monoisotopic (exact) mass is 266 g/mol. The molecule has 6 heteroatoms. The van der Waals surface area contributed by atoms with Crippen LogP contribution in [0.4, 0.5) is 5.95 Å². The third-order valence-electron chi connectivity index (χ3n) is 2.12. The quantitative estimate of drug-likeness (QED) is 0.700. The SMILES string of the molecule is C#CC1CC(=O)N(c2ncc(Br)nn2)C1. The molecule has 1 aromatic heterocycles. The summed E-state index contributed by atoms with van der Waals surface area (Å²) in [4.78, 5) is 17.0. The number of rotatable bonds is 1.